The van der Waals surface area contributed by atoms with Crippen LogP contribution < -0.4 is 10.6 Å². The predicted molar refractivity (Wildman–Crippen MR) is 89.2 cm³/mol. The molecule has 0 bridgehead atoms. The van der Waals surface area contributed by atoms with Gasteiger partial charge in [0.15, 0.2) is 0 Å². The van der Waals surface area contributed by atoms with Crippen LogP contribution in [0.15, 0.2) is 42.5 Å². The molecule has 0 spiro atoms. The van der Waals surface area contributed by atoms with E-state index in [0.29, 0.717) is 24.2 Å². The second-order valence-electron chi connectivity index (χ2n) is 5.37. The molecule has 132 valence electrons. The normalized spacial score (nSPS) is 10.4. The molecule has 0 saturated carbocycles. The molecule has 2 rings (SSSR count). The molecule has 0 unspecified atom stereocenters. The minimum absolute atomic E-state index is 0.00282. The first-order valence-corrected chi connectivity index (χ1v) is 7.72. The molecule has 0 heterocycles. The first-order chi connectivity index (χ1) is 12.0. The zero-order valence-electron chi connectivity index (χ0n) is 13.4. The van der Waals surface area contributed by atoms with E-state index in [1.54, 1.807) is 12.1 Å². The Morgan fingerprint density at radius 3 is 2.44 bits per heavy atom. The van der Waals surface area contributed by atoms with Crippen LogP contribution in [0.4, 0.5) is 14.5 Å². The van der Waals surface area contributed by atoms with Crippen LogP contribution in [0, 0.1) is 11.6 Å². The van der Waals surface area contributed by atoms with Gasteiger partial charge in [-0.05, 0) is 48.9 Å². The fourth-order valence-corrected chi connectivity index (χ4v) is 2.14. The highest BCUT2D eigenvalue weighted by atomic mass is 19.1. The minimum atomic E-state index is -0.647. The second kappa shape index (κ2) is 8.89. The van der Waals surface area contributed by atoms with Crippen LogP contribution in [0.2, 0.25) is 0 Å². The zero-order valence-corrected chi connectivity index (χ0v) is 13.4. The number of rotatable bonds is 7. The molecule has 0 atom stereocenters. The van der Waals surface area contributed by atoms with Crippen molar-refractivity contribution in [2.45, 2.75) is 12.8 Å². The lowest BCUT2D eigenvalue weighted by Gasteiger charge is -2.08. The van der Waals surface area contributed by atoms with Crippen molar-refractivity contribution in [3.63, 3.8) is 0 Å². The first kappa shape index (κ1) is 18.5. The molecule has 0 radical (unpaired) electrons. The molecule has 2 amide bonds. The number of carbonyl (C=O) groups excluding carboxylic acids is 2. The maximum Gasteiger partial charge on any atom is 0.251 e. The quantitative estimate of drug-likeness (QED) is 0.672. The minimum Gasteiger partial charge on any atom is -0.396 e. The Hall–Kier alpha value is -2.80. The highest BCUT2D eigenvalue weighted by molar-refractivity contribution is 5.96. The van der Waals surface area contributed by atoms with Crippen molar-refractivity contribution in [1.29, 1.82) is 0 Å². The van der Waals surface area contributed by atoms with Crippen LogP contribution in [0.3, 0.4) is 0 Å². The Balaban J connectivity index is 1.93. The number of hydrogen-bond donors (Lipinski definition) is 3. The van der Waals surface area contributed by atoms with Crippen LogP contribution in [0.1, 0.15) is 22.3 Å². The average Bonchev–Trinajstić information content (AvgIpc) is 2.59. The van der Waals surface area contributed by atoms with Crippen LogP contribution in [0.25, 0.3) is 0 Å². The number of aliphatic hydroxyl groups excluding tert-OH is 1. The first-order valence-electron chi connectivity index (χ1n) is 7.72. The number of benzene rings is 2. The third-order valence-electron chi connectivity index (χ3n) is 3.41. The average molecular weight is 348 g/mol. The number of anilines is 1. The van der Waals surface area contributed by atoms with Gasteiger partial charge in [-0.2, -0.15) is 0 Å². The Morgan fingerprint density at radius 1 is 1.04 bits per heavy atom. The molecule has 0 aliphatic rings. The molecule has 2 aromatic carbocycles. The van der Waals surface area contributed by atoms with E-state index in [-0.39, 0.29) is 24.5 Å². The fraction of sp³-hybridized carbons (Fsp3) is 0.222. The summed E-state index contributed by atoms with van der Waals surface area (Å²) in [6.45, 7) is 0.365. The van der Waals surface area contributed by atoms with Crippen molar-refractivity contribution in [3.05, 3.63) is 65.2 Å². The summed E-state index contributed by atoms with van der Waals surface area (Å²) in [6.07, 6.45) is 0.170. The fourth-order valence-electron chi connectivity index (χ4n) is 2.14. The molecule has 0 aliphatic heterocycles. The largest absolute Gasteiger partial charge is 0.396 e. The number of nitrogens with one attached hydrogen (secondary N) is 2. The van der Waals surface area contributed by atoms with E-state index in [2.05, 4.69) is 10.6 Å². The van der Waals surface area contributed by atoms with Gasteiger partial charge in [0.1, 0.15) is 11.6 Å². The number of hydrogen-bond acceptors (Lipinski definition) is 3. The summed E-state index contributed by atoms with van der Waals surface area (Å²) in [7, 11) is 0. The highest BCUT2D eigenvalue weighted by Crippen LogP contribution is 2.13. The van der Waals surface area contributed by atoms with E-state index in [0.717, 1.165) is 18.2 Å². The van der Waals surface area contributed by atoms with E-state index < -0.39 is 17.5 Å². The molecule has 0 aromatic heterocycles. The highest BCUT2D eigenvalue weighted by Gasteiger charge is 2.10. The van der Waals surface area contributed by atoms with Gasteiger partial charge < -0.3 is 15.7 Å². The molecule has 7 heteroatoms. The molecule has 3 N–H and O–H groups in total. The van der Waals surface area contributed by atoms with Gasteiger partial charge >= 0.3 is 0 Å². The summed E-state index contributed by atoms with van der Waals surface area (Å²) in [5, 5.41) is 13.9. The van der Waals surface area contributed by atoms with E-state index in [1.165, 1.54) is 12.1 Å². The van der Waals surface area contributed by atoms with Gasteiger partial charge in [0.25, 0.3) is 5.91 Å². The Labute approximate surface area is 143 Å². The molecular formula is C18H18F2N2O3. The predicted octanol–water partition coefficient (Wildman–Crippen LogP) is 2.26. The summed E-state index contributed by atoms with van der Waals surface area (Å²) < 4.78 is 26.6. The molecule has 5 nitrogen and oxygen atoms in total. The van der Waals surface area contributed by atoms with Gasteiger partial charge in [-0.3, -0.25) is 9.59 Å². The van der Waals surface area contributed by atoms with Gasteiger partial charge in [-0.25, -0.2) is 8.78 Å². The third-order valence-corrected chi connectivity index (χ3v) is 3.41. The summed E-state index contributed by atoms with van der Waals surface area (Å²) in [6, 6.07) is 9.10. The van der Waals surface area contributed by atoms with Gasteiger partial charge in [-0.1, -0.05) is 0 Å². The number of carbonyl (C=O) groups is 2. The molecule has 0 saturated heterocycles. The Morgan fingerprint density at radius 2 is 1.76 bits per heavy atom. The maximum absolute atomic E-state index is 13.5. The summed E-state index contributed by atoms with van der Waals surface area (Å²) in [4.78, 5) is 23.7. The lowest BCUT2D eigenvalue weighted by atomic mass is 10.1. The van der Waals surface area contributed by atoms with Crippen molar-refractivity contribution < 1.29 is 23.5 Å². The lowest BCUT2D eigenvalue weighted by Crippen LogP contribution is -2.25. The molecule has 25 heavy (non-hydrogen) atoms. The third kappa shape index (κ3) is 5.65. The summed E-state index contributed by atoms with van der Waals surface area (Å²) >= 11 is 0. The number of aliphatic hydroxyl groups is 1. The molecule has 2 aromatic rings. The standard InChI is InChI=1S/C18H18F2N2O3/c19-14-4-7-16(20)13(10-14)11-17(24)22-15-5-2-12(3-6-15)18(25)21-8-1-9-23/h2-7,10,23H,1,8-9,11H2,(H,21,25)(H,22,24). The maximum atomic E-state index is 13.5. The lowest BCUT2D eigenvalue weighted by molar-refractivity contribution is -0.115. The Kier molecular flexibility index (Phi) is 6.59. The Bertz CT molecular complexity index is 748. The topological polar surface area (TPSA) is 78.4 Å². The van der Waals surface area contributed by atoms with Gasteiger partial charge in [-0.15, -0.1) is 0 Å². The van der Waals surface area contributed by atoms with Crippen LogP contribution in [-0.2, 0) is 11.2 Å². The van der Waals surface area contributed by atoms with Gasteiger partial charge in [0, 0.05) is 30.0 Å². The summed E-state index contributed by atoms with van der Waals surface area (Å²) in [5.74, 6) is -2.04. The SMILES string of the molecule is O=C(Cc1cc(F)ccc1F)Nc1ccc(C(=O)NCCCO)cc1. The summed E-state index contributed by atoms with van der Waals surface area (Å²) in [5.41, 5.74) is 0.818. The van der Waals surface area contributed by atoms with E-state index in [4.69, 9.17) is 5.11 Å². The van der Waals surface area contributed by atoms with E-state index in [9.17, 15) is 18.4 Å². The molecule has 0 fully saturated rings. The van der Waals surface area contributed by atoms with Crippen molar-refractivity contribution in [3.8, 4) is 0 Å². The van der Waals surface area contributed by atoms with Crippen molar-refractivity contribution in [1.82, 2.24) is 5.32 Å². The smallest absolute Gasteiger partial charge is 0.251 e. The molecule has 0 aliphatic carbocycles. The van der Waals surface area contributed by atoms with Crippen molar-refractivity contribution in [2.24, 2.45) is 0 Å². The van der Waals surface area contributed by atoms with Gasteiger partial charge in [0.05, 0.1) is 6.42 Å². The van der Waals surface area contributed by atoms with E-state index >= 15 is 0 Å². The van der Waals surface area contributed by atoms with Crippen molar-refractivity contribution >= 4 is 17.5 Å². The number of amides is 2. The second-order valence-corrected chi connectivity index (χ2v) is 5.37. The monoisotopic (exact) mass is 348 g/mol. The molecular weight excluding hydrogens is 330 g/mol. The van der Waals surface area contributed by atoms with E-state index in [1.807, 2.05) is 0 Å². The van der Waals surface area contributed by atoms with Crippen LogP contribution in [-0.4, -0.2) is 30.1 Å². The zero-order chi connectivity index (χ0) is 18.2. The van der Waals surface area contributed by atoms with Gasteiger partial charge in [0.2, 0.25) is 5.91 Å². The number of halogens is 2. The van der Waals surface area contributed by atoms with Crippen LogP contribution in [0.5, 0.6) is 0 Å². The van der Waals surface area contributed by atoms with Crippen molar-refractivity contribution in [2.75, 3.05) is 18.5 Å². The van der Waals surface area contributed by atoms with Crippen LogP contribution >= 0.6 is 0 Å².